The summed E-state index contributed by atoms with van der Waals surface area (Å²) < 4.78 is 14.7. The topological polar surface area (TPSA) is 38.7 Å². The van der Waals surface area contributed by atoms with Crippen LogP contribution in [0.5, 0.6) is 0 Å². The van der Waals surface area contributed by atoms with Gasteiger partial charge in [-0.15, -0.1) is 10.2 Å². The summed E-state index contributed by atoms with van der Waals surface area (Å²) >= 11 is 5.60. The zero-order chi connectivity index (χ0) is 10.8. The van der Waals surface area contributed by atoms with E-state index in [0.717, 1.165) is 0 Å². The number of nitrogens with zero attached hydrogens (tertiary/aromatic N) is 3. The molecule has 0 amide bonds. The van der Waals surface area contributed by atoms with E-state index < -0.39 is 0 Å². The number of hydrogen-bond acceptors (Lipinski definition) is 3. The van der Waals surface area contributed by atoms with Gasteiger partial charge in [0.15, 0.2) is 5.15 Å². The minimum absolute atomic E-state index is 0.0363. The third-order valence-electron chi connectivity index (χ3n) is 1.50. The maximum Gasteiger partial charge on any atom is 0.151 e. The summed E-state index contributed by atoms with van der Waals surface area (Å²) in [6.07, 6.45) is 0.0727. The molecule has 0 atom stereocenters. The Balaban J connectivity index is 2.49. The van der Waals surface area contributed by atoms with Gasteiger partial charge in [-0.2, -0.15) is 0 Å². The Hall–Kier alpha value is -1.48. The smallest absolute Gasteiger partial charge is 0.151 e. The highest BCUT2D eigenvalue weighted by Gasteiger charge is 1.97. The first-order valence-electron chi connectivity index (χ1n) is 4.60. The summed E-state index contributed by atoms with van der Waals surface area (Å²) in [6.45, 7) is 0. The maximum atomic E-state index is 7.36. The van der Waals surface area contributed by atoms with Crippen LogP contribution in [-0.2, 0) is 0 Å². The first-order chi connectivity index (χ1) is 7.15. The van der Waals surface area contributed by atoms with E-state index in [-0.39, 0.29) is 12.3 Å². The number of hydrogen-bond donors (Lipinski definition) is 0. The zero-order valence-corrected chi connectivity index (χ0v) is 7.28. The molecule has 0 radical (unpaired) electrons. The minimum atomic E-state index is 0.0363. The molecule has 2 rings (SSSR count). The molecule has 0 saturated heterocycles. The largest absolute Gasteiger partial charge is 0.265 e. The molecule has 2 aromatic rings. The summed E-state index contributed by atoms with van der Waals surface area (Å²) in [4.78, 5) is 3.64. The lowest BCUT2D eigenvalue weighted by molar-refractivity contribution is 1.04. The molecule has 0 aliphatic carbocycles. The molecule has 0 aliphatic rings. The molecule has 64 valence electrons. The van der Waals surface area contributed by atoms with E-state index >= 15 is 0 Å². The van der Waals surface area contributed by atoms with E-state index in [1.807, 2.05) is 0 Å². The van der Waals surface area contributed by atoms with Gasteiger partial charge in [-0.1, -0.05) is 11.6 Å². The minimum Gasteiger partial charge on any atom is -0.265 e. The average molecular weight is 194 g/mol. The Kier molecular flexibility index (Phi) is 1.63. The van der Waals surface area contributed by atoms with Gasteiger partial charge < -0.3 is 0 Å². The zero-order valence-electron chi connectivity index (χ0n) is 8.53. The summed E-state index contributed by atoms with van der Waals surface area (Å²) in [5, 5.41) is 7.85. The van der Waals surface area contributed by atoms with Crippen molar-refractivity contribution < 1.29 is 2.74 Å². The van der Waals surface area contributed by atoms with Gasteiger partial charge in [-0.3, -0.25) is 4.98 Å². The van der Waals surface area contributed by atoms with E-state index in [1.165, 1.54) is 12.1 Å². The standard InChI is InChI=1S/C9H6ClN3/c10-9-2-1-8(12-13-9)7-3-5-11-6-4-7/h1-6H/i5D,6D. The fourth-order valence-corrected chi connectivity index (χ4v) is 1.00. The van der Waals surface area contributed by atoms with E-state index in [9.17, 15) is 0 Å². The van der Waals surface area contributed by atoms with Crippen LogP contribution in [0.2, 0.25) is 5.15 Å². The molecule has 0 aliphatic heterocycles. The summed E-state index contributed by atoms with van der Waals surface area (Å²) in [7, 11) is 0. The van der Waals surface area contributed by atoms with Crippen LogP contribution in [0.1, 0.15) is 2.74 Å². The van der Waals surface area contributed by atoms with E-state index in [4.69, 9.17) is 14.3 Å². The van der Waals surface area contributed by atoms with Crippen LogP contribution in [0, 0.1) is 0 Å². The van der Waals surface area contributed by atoms with Crippen molar-refractivity contribution in [2.45, 2.75) is 0 Å². The SMILES string of the molecule is [2H]c1cc(-c2ccc(Cl)nn2)cc([2H])n1. The molecular formula is C9H6ClN3. The van der Waals surface area contributed by atoms with Crippen molar-refractivity contribution in [1.82, 2.24) is 15.2 Å². The number of halogens is 1. The van der Waals surface area contributed by atoms with Crippen molar-refractivity contribution in [3.05, 3.63) is 41.8 Å². The molecule has 0 bridgehead atoms. The van der Waals surface area contributed by atoms with E-state index in [2.05, 4.69) is 15.2 Å². The Morgan fingerprint density at radius 3 is 2.46 bits per heavy atom. The predicted molar refractivity (Wildman–Crippen MR) is 50.3 cm³/mol. The van der Waals surface area contributed by atoms with Gasteiger partial charge in [0.05, 0.1) is 8.44 Å². The highest BCUT2D eigenvalue weighted by molar-refractivity contribution is 6.29. The lowest BCUT2D eigenvalue weighted by Gasteiger charge is -1.97. The second kappa shape index (κ2) is 3.49. The number of pyridine rings is 1. The molecule has 2 aromatic heterocycles. The summed E-state index contributed by atoms with van der Waals surface area (Å²) in [5.74, 6) is 0. The van der Waals surface area contributed by atoms with Crippen molar-refractivity contribution >= 4 is 11.6 Å². The van der Waals surface area contributed by atoms with Crippen LogP contribution < -0.4 is 0 Å². The predicted octanol–water partition coefficient (Wildman–Crippen LogP) is 2.19. The van der Waals surface area contributed by atoms with Crippen LogP contribution in [0.15, 0.2) is 36.6 Å². The molecule has 2 heterocycles. The molecule has 0 aromatic carbocycles. The molecule has 13 heavy (non-hydrogen) atoms. The molecule has 0 spiro atoms. The van der Waals surface area contributed by atoms with Crippen molar-refractivity contribution in [1.29, 1.82) is 0 Å². The Labute approximate surface area is 83.2 Å². The third kappa shape index (κ3) is 1.81. The normalized spacial score (nSPS) is 12.1. The highest BCUT2D eigenvalue weighted by atomic mass is 35.5. The Morgan fingerprint density at radius 1 is 1.08 bits per heavy atom. The van der Waals surface area contributed by atoms with Gasteiger partial charge in [-0.05, 0) is 24.3 Å². The lowest BCUT2D eigenvalue weighted by atomic mass is 10.2. The second-order valence-electron chi connectivity index (χ2n) is 2.36. The second-order valence-corrected chi connectivity index (χ2v) is 2.74. The average Bonchev–Trinajstić information content (AvgIpc) is 2.17. The molecular weight excluding hydrogens is 186 g/mol. The molecule has 0 saturated carbocycles. The fourth-order valence-electron chi connectivity index (χ4n) is 0.900. The highest BCUT2D eigenvalue weighted by Crippen LogP contribution is 2.15. The van der Waals surface area contributed by atoms with Gasteiger partial charge in [0, 0.05) is 17.9 Å². The molecule has 3 nitrogen and oxygen atoms in total. The van der Waals surface area contributed by atoms with Crippen molar-refractivity contribution in [2.24, 2.45) is 0 Å². The summed E-state index contributed by atoms with van der Waals surface area (Å²) in [5.41, 5.74) is 1.22. The van der Waals surface area contributed by atoms with Crippen LogP contribution >= 0.6 is 11.6 Å². The third-order valence-corrected chi connectivity index (χ3v) is 1.70. The van der Waals surface area contributed by atoms with Crippen molar-refractivity contribution in [3.8, 4) is 11.3 Å². The first kappa shape index (κ1) is 6.05. The van der Waals surface area contributed by atoms with E-state index in [0.29, 0.717) is 16.4 Å². The molecule has 0 unspecified atom stereocenters. The maximum absolute atomic E-state index is 7.36. The van der Waals surface area contributed by atoms with Crippen LogP contribution in [0.3, 0.4) is 0 Å². The van der Waals surface area contributed by atoms with Crippen LogP contribution in [-0.4, -0.2) is 15.2 Å². The van der Waals surface area contributed by atoms with Crippen molar-refractivity contribution in [2.75, 3.05) is 0 Å². The quantitative estimate of drug-likeness (QED) is 0.697. The van der Waals surface area contributed by atoms with Gasteiger partial charge in [0.2, 0.25) is 0 Å². The summed E-state index contributed by atoms with van der Waals surface area (Å²) in [6, 6.07) is 6.34. The molecule has 0 N–H and O–H groups in total. The lowest BCUT2D eigenvalue weighted by Crippen LogP contribution is -1.86. The number of aromatic nitrogens is 3. The molecule has 4 heteroatoms. The van der Waals surface area contributed by atoms with Crippen molar-refractivity contribution in [3.63, 3.8) is 0 Å². The van der Waals surface area contributed by atoms with Crippen LogP contribution in [0.4, 0.5) is 0 Å². The Morgan fingerprint density at radius 2 is 1.85 bits per heavy atom. The molecule has 0 fully saturated rings. The van der Waals surface area contributed by atoms with Gasteiger partial charge in [0.25, 0.3) is 0 Å². The van der Waals surface area contributed by atoms with Crippen LogP contribution in [0.25, 0.3) is 11.3 Å². The van der Waals surface area contributed by atoms with Gasteiger partial charge in [-0.25, -0.2) is 0 Å². The number of rotatable bonds is 1. The fraction of sp³-hybridized carbons (Fsp3) is 0. The Bertz CT molecular complexity index is 467. The monoisotopic (exact) mass is 193 g/mol. The van der Waals surface area contributed by atoms with Gasteiger partial charge >= 0.3 is 0 Å². The first-order valence-corrected chi connectivity index (χ1v) is 3.98. The van der Waals surface area contributed by atoms with E-state index in [1.54, 1.807) is 12.1 Å². The van der Waals surface area contributed by atoms with Gasteiger partial charge in [0.1, 0.15) is 0 Å².